The van der Waals surface area contributed by atoms with Crippen molar-refractivity contribution in [3.8, 4) is 0 Å². The predicted molar refractivity (Wildman–Crippen MR) is 96.9 cm³/mol. The number of hydrogen-bond donors (Lipinski definition) is 0. The second-order valence-corrected chi connectivity index (χ2v) is 7.54. The van der Waals surface area contributed by atoms with Gasteiger partial charge in [0.05, 0.1) is 11.3 Å². The Labute approximate surface area is 149 Å². The Morgan fingerprint density at radius 2 is 1.52 bits per heavy atom. The van der Waals surface area contributed by atoms with Gasteiger partial charge in [0.2, 0.25) is 0 Å². The minimum absolute atomic E-state index is 0.276. The molecule has 1 aromatic carbocycles. The fourth-order valence-corrected chi connectivity index (χ4v) is 2.33. The van der Waals surface area contributed by atoms with E-state index in [0.29, 0.717) is 16.8 Å². The van der Waals surface area contributed by atoms with E-state index in [1.807, 2.05) is 46.8 Å². The second-order valence-electron chi connectivity index (χ2n) is 7.54. The molecular weight excluding hydrogens is 318 g/mol. The molecule has 5 nitrogen and oxygen atoms in total. The van der Waals surface area contributed by atoms with Gasteiger partial charge in [-0.05, 0) is 65.7 Å². The summed E-state index contributed by atoms with van der Waals surface area (Å²) in [6, 6.07) is 7.25. The molecule has 0 fully saturated rings. The Kier molecular flexibility index (Phi) is 5.21. The van der Waals surface area contributed by atoms with Crippen LogP contribution in [0.2, 0.25) is 0 Å². The first-order valence-corrected chi connectivity index (χ1v) is 8.54. The van der Waals surface area contributed by atoms with Crippen molar-refractivity contribution in [1.29, 1.82) is 0 Å². The van der Waals surface area contributed by atoms with Gasteiger partial charge in [0.1, 0.15) is 5.60 Å². The highest BCUT2D eigenvalue weighted by Crippen LogP contribution is 2.33. The highest BCUT2D eigenvalue weighted by atomic mass is 17.2. The first kappa shape index (κ1) is 19.3. The molecule has 136 valence electrons. The molecule has 2 amide bonds. The van der Waals surface area contributed by atoms with Gasteiger partial charge in [-0.1, -0.05) is 19.1 Å². The number of amides is 2. The molecule has 5 heteroatoms. The van der Waals surface area contributed by atoms with E-state index >= 15 is 0 Å². The van der Waals surface area contributed by atoms with E-state index in [2.05, 4.69) is 0 Å². The molecule has 25 heavy (non-hydrogen) atoms. The maximum absolute atomic E-state index is 12.4. The number of carbonyl (C=O) groups is 2. The van der Waals surface area contributed by atoms with Gasteiger partial charge in [-0.2, -0.15) is 0 Å². The fraction of sp³-hybridized carbons (Fsp3) is 0.500. The standard InChI is InChI=1S/C20H27NO4/c1-8-19(4,5)24-25-20(6,7)15-10-9-11-16(12-15)21-17(22)13(2)14(3)18(21)23/h9-12H,8H2,1-7H3. The van der Waals surface area contributed by atoms with Gasteiger partial charge in [-0.25, -0.2) is 14.7 Å². The van der Waals surface area contributed by atoms with Crippen molar-refractivity contribution in [2.75, 3.05) is 4.90 Å². The number of rotatable bonds is 6. The van der Waals surface area contributed by atoms with Crippen molar-refractivity contribution < 1.29 is 19.4 Å². The first-order chi connectivity index (χ1) is 11.5. The van der Waals surface area contributed by atoms with Crippen LogP contribution in [0.5, 0.6) is 0 Å². The summed E-state index contributed by atoms with van der Waals surface area (Å²) in [6.45, 7) is 13.1. The largest absolute Gasteiger partial charge is 0.269 e. The smallest absolute Gasteiger partial charge is 0.261 e. The van der Waals surface area contributed by atoms with E-state index in [0.717, 1.165) is 12.0 Å². The highest BCUT2D eigenvalue weighted by Gasteiger charge is 2.35. The lowest BCUT2D eigenvalue weighted by atomic mass is 9.97. The monoisotopic (exact) mass is 345 g/mol. The van der Waals surface area contributed by atoms with Gasteiger partial charge >= 0.3 is 0 Å². The van der Waals surface area contributed by atoms with Gasteiger partial charge in [-0.3, -0.25) is 9.59 Å². The molecule has 2 rings (SSSR count). The average molecular weight is 345 g/mol. The third-order valence-electron chi connectivity index (χ3n) is 4.74. The molecule has 0 saturated heterocycles. The maximum Gasteiger partial charge on any atom is 0.261 e. The fourth-order valence-electron chi connectivity index (χ4n) is 2.33. The van der Waals surface area contributed by atoms with Crippen molar-refractivity contribution in [3.63, 3.8) is 0 Å². The topological polar surface area (TPSA) is 55.8 Å². The van der Waals surface area contributed by atoms with Crippen LogP contribution in [0.25, 0.3) is 0 Å². The van der Waals surface area contributed by atoms with Crippen LogP contribution in [0.1, 0.15) is 60.5 Å². The molecule has 0 unspecified atom stereocenters. The SMILES string of the molecule is CCC(C)(C)OOC(C)(C)c1cccc(N2C(=O)C(C)=C(C)C2=O)c1. The van der Waals surface area contributed by atoms with E-state index in [1.165, 1.54) is 4.90 Å². The van der Waals surface area contributed by atoms with Crippen LogP contribution in [0, 0.1) is 0 Å². The zero-order valence-electron chi connectivity index (χ0n) is 16.1. The van der Waals surface area contributed by atoms with Gasteiger partial charge in [0, 0.05) is 11.1 Å². The minimum Gasteiger partial charge on any atom is -0.269 e. The third kappa shape index (κ3) is 3.83. The van der Waals surface area contributed by atoms with Gasteiger partial charge < -0.3 is 0 Å². The number of imide groups is 1. The van der Waals surface area contributed by atoms with Crippen molar-refractivity contribution in [3.05, 3.63) is 41.0 Å². The Balaban J connectivity index is 2.27. The van der Waals surface area contributed by atoms with Gasteiger partial charge in [-0.15, -0.1) is 0 Å². The van der Waals surface area contributed by atoms with Crippen LogP contribution < -0.4 is 4.90 Å². The molecule has 1 aliphatic heterocycles. The van der Waals surface area contributed by atoms with Crippen molar-refractivity contribution in [2.24, 2.45) is 0 Å². The van der Waals surface area contributed by atoms with E-state index in [-0.39, 0.29) is 11.8 Å². The maximum atomic E-state index is 12.4. The normalized spacial score (nSPS) is 16.2. The molecule has 0 spiro atoms. The van der Waals surface area contributed by atoms with Crippen molar-refractivity contribution in [2.45, 2.75) is 66.1 Å². The summed E-state index contributed by atoms with van der Waals surface area (Å²) in [4.78, 5) is 37.2. The summed E-state index contributed by atoms with van der Waals surface area (Å²) >= 11 is 0. The summed E-state index contributed by atoms with van der Waals surface area (Å²) in [5.74, 6) is -0.552. The van der Waals surface area contributed by atoms with Crippen LogP contribution in [-0.2, 0) is 25.0 Å². The average Bonchev–Trinajstić information content (AvgIpc) is 2.77. The van der Waals surface area contributed by atoms with Gasteiger partial charge in [0.15, 0.2) is 0 Å². The van der Waals surface area contributed by atoms with Crippen molar-refractivity contribution in [1.82, 2.24) is 0 Å². The van der Waals surface area contributed by atoms with Gasteiger partial charge in [0.25, 0.3) is 11.8 Å². The molecule has 0 radical (unpaired) electrons. The molecule has 0 saturated carbocycles. The lowest BCUT2D eigenvalue weighted by Crippen LogP contribution is -2.33. The third-order valence-corrected chi connectivity index (χ3v) is 4.74. The molecule has 0 N–H and O–H groups in total. The number of hydrogen-bond acceptors (Lipinski definition) is 4. The molecule has 0 atom stereocenters. The summed E-state index contributed by atoms with van der Waals surface area (Å²) in [5, 5.41) is 0. The Hall–Kier alpha value is -1.98. The highest BCUT2D eigenvalue weighted by molar-refractivity contribution is 6.32. The van der Waals surface area contributed by atoms with E-state index in [4.69, 9.17) is 9.78 Å². The molecule has 1 aromatic rings. The lowest BCUT2D eigenvalue weighted by molar-refractivity contribution is -0.405. The summed E-state index contributed by atoms with van der Waals surface area (Å²) in [7, 11) is 0. The lowest BCUT2D eigenvalue weighted by Gasteiger charge is -2.31. The van der Waals surface area contributed by atoms with E-state index in [1.54, 1.807) is 26.0 Å². The Morgan fingerprint density at radius 1 is 0.960 bits per heavy atom. The second kappa shape index (κ2) is 6.73. The number of carbonyl (C=O) groups excluding carboxylic acids is 2. The van der Waals surface area contributed by atoms with Crippen LogP contribution in [-0.4, -0.2) is 17.4 Å². The summed E-state index contributed by atoms with van der Waals surface area (Å²) in [6.07, 6.45) is 0.810. The number of nitrogens with zero attached hydrogens (tertiary/aromatic N) is 1. The van der Waals surface area contributed by atoms with Crippen LogP contribution in [0.4, 0.5) is 5.69 Å². The van der Waals surface area contributed by atoms with E-state index < -0.39 is 11.2 Å². The quantitative estimate of drug-likeness (QED) is 0.439. The summed E-state index contributed by atoms with van der Waals surface area (Å²) < 4.78 is 0. The Morgan fingerprint density at radius 3 is 2.04 bits per heavy atom. The number of anilines is 1. The van der Waals surface area contributed by atoms with Crippen molar-refractivity contribution >= 4 is 17.5 Å². The van der Waals surface area contributed by atoms with E-state index in [9.17, 15) is 9.59 Å². The zero-order chi connectivity index (χ0) is 19.0. The van der Waals surface area contributed by atoms with Crippen LogP contribution in [0.3, 0.4) is 0 Å². The molecular formula is C20H27NO4. The predicted octanol–water partition coefficient (Wildman–Crippen LogP) is 4.27. The van der Waals surface area contributed by atoms with Crippen LogP contribution >= 0.6 is 0 Å². The summed E-state index contributed by atoms with van der Waals surface area (Å²) in [5.41, 5.74) is 1.20. The first-order valence-electron chi connectivity index (χ1n) is 8.54. The molecule has 1 aliphatic rings. The Bertz CT molecular complexity index is 707. The molecule has 0 bridgehead atoms. The minimum atomic E-state index is -0.730. The molecule has 0 aromatic heterocycles. The molecule has 1 heterocycles. The molecule has 0 aliphatic carbocycles. The van der Waals surface area contributed by atoms with Crippen LogP contribution in [0.15, 0.2) is 35.4 Å². The zero-order valence-corrected chi connectivity index (χ0v) is 16.1. The number of benzene rings is 1.